The van der Waals surface area contributed by atoms with E-state index in [0.717, 1.165) is 0 Å². The van der Waals surface area contributed by atoms with Crippen LogP contribution in [0.15, 0.2) is 85.1 Å². The summed E-state index contributed by atoms with van der Waals surface area (Å²) in [5.74, 6) is -11.1. The first-order valence-electron chi connectivity index (χ1n) is 36.1. The zero-order chi connectivity index (χ0) is 80.7. The van der Waals surface area contributed by atoms with E-state index in [-0.39, 0.29) is 152 Å². The molecule has 4 rings (SSSR count). The number of aromatic amines is 1. The third-order valence-electron chi connectivity index (χ3n) is 17.1. The zero-order valence-electron chi connectivity index (χ0n) is 61.9. The fraction of sp³-hybridized carbons (Fsp3) is 0.507. The minimum Gasteiger partial charge on any atom is -0.508 e. The Kier molecular flexibility index (Phi) is 38.4. The van der Waals surface area contributed by atoms with Gasteiger partial charge in [0.1, 0.15) is 60.1 Å². The van der Waals surface area contributed by atoms with Crippen LogP contribution in [0.4, 0.5) is 9.59 Å². The maximum absolute atomic E-state index is 15.2. The molecule has 0 aliphatic rings. The summed E-state index contributed by atoms with van der Waals surface area (Å²) in [6.45, 7) is 7.31. The van der Waals surface area contributed by atoms with Crippen molar-refractivity contribution in [2.75, 3.05) is 32.7 Å². The van der Waals surface area contributed by atoms with Gasteiger partial charge in [0.25, 0.3) is 0 Å². The summed E-state index contributed by atoms with van der Waals surface area (Å²) in [5, 5.41) is 80.8. The minimum atomic E-state index is -1.60. The van der Waals surface area contributed by atoms with Crippen LogP contribution < -0.4 is 109 Å². The molecule has 0 saturated heterocycles. The van der Waals surface area contributed by atoms with E-state index in [2.05, 4.69) is 79.4 Å². The van der Waals surface area contributed by atoms with E-state index in [1.807, 2.05) is 0 Å². The number of hydrogen-bond donors (Lipinski definition) is 26. The van der Waals surface area contributed by atoms with Crippen LogP contribution in [-0.4, -0.2) is 197 Å². The maximum Gasteiger partial charge on any atom is 0.326 e. The van der Waals surface area contributed by atoms with E-state index >= 15 is 14.4 Å². The van der Waals surface area contributed by atoms with Crippen LogP contribution in [0.3, 0.4) is 0 Å². The number of aliphatic carboxylic acids is 1. The number of amides is 13. The molecule has 10 atom stereocenters. The zero-order valence-corrected chi connectivity index (χ0v) is 61.9. The Hall–Kier alpha value is -12.0. The summed E-state index contributed by atoms with van der Waals surface area (Å²) in [6, 6.07) is 4.99. The second-order valence-corrected chi connectivity index (χ2v) is 27.2. The SMILES string of the molecule is CC(C)C[C@H](NC(=O)[C@H](CCCNC(=N)N)NC(=O)[C@H](Cc1c[nH]c2ccccc12)NC(=O)[C@H](CC(C)C)NC(=O)[C@H](CCCNC(=N)N)NC(=O)[C@@H](N)CCCNC(=N)N)C(=O)N[C@@H](Cc1ccc(O)cc1)C(=O)N[C@@H](CCCNC(N)=O)C(=O)N[C@@H](CCCNC(N)=O)C(=O)N[C@@H](Cc1ccccc1)C(=O)O. The molecular weight excluding hydrogens is 1410 g/mol. The number of benzene rings is 3. The van der Waals surface area contributed by atoms with Crippen LogP contribution in [0.1, 0.15) is 121 Å². The van der Waals surface area contributed by atoms with Gasteiger partial charge in [0.15, 0.2) is 17.9 Å². The number of primary amides is 2. The number of carbonyl (C=O) groups is 12. The lowest BCUT2D eigenvalue weighted by Crippen LogP contribution is -2.61. The van der Waals surface area contributed by atoms with Gasteiger partial charge < -0.3 is 124 Å². The predicted octanol–water partition coefficient (Wildman–Crippen LogP) is -2.54. The molecule has 598 valence electrons. The molecule has 0 saturated carbocycles. The number of rotatable bonds is 49. The van der Waals surface area contributed by atoms with Gasteiger partial charge in [0.05, 0.1) is 6.04 Å². The standard InChI is InChI=1S/C71H110N24O14/c1-39(2)33-52(62(102)93-54(35-42-24-26-44(96)27-25-42)64(104)89-49(22-13-31-84-70(79)108)58(98)88-51(23-14-32-85-71(80)109)61(101)95-56(66(106)107)36-41-15-6-5-7-16-41)92-60(100)50(21-12-30-83-69(77)78)90-65(105)55(37-43-38-86-47-19-9-8-17-45(43)47)94-63(103)53(34-40(3)4)91-59(99)48(20-11-29-82-68(75)76)87-57(97)46(72)18-10-28-81-67(73)74/h5-9,15-17,19,24-27,38-40,46,48-56,86,96H,10-14,18,20-23,28-37,72H2,1-4H3,(H,87,97)(H,88,98)(H,89,104)(H,90,105)(H,91,99)(H,92,100)(H,93,102)(H,94,103)(H,95,101)(H,106,107)(H4,73,74,81)(H4,75,76,82)(H4,77,78,83)(H3,79,84,108)(H3,80,85,109)/t46-,48-,49-,50-,51-,52-,53-,54-,55-,56-/m0/s1. The average molecular weight is 1520 g/mol. The fourth-order valence-electron chi connectivity index (χ4n) is 11.6. The third-order valence-corrected chi connectivity index (χ3v) is 17.1. The molecule has 0 fully saturated rings. The lowest BCUT2D eigenvalue weighted by Gasteiger charge is -2.29. The number of guanidine groups is 3. The highest BCUT2D eigenvalue weighted by molar-refractivity contribution is 5.99. The Morgan fingerprint density at radius 1 is 0.385 bits per heavy atom. The molecule has 109 heavy (non-hydrogen) atoms. The highest BCUT2D eigenvalue weighted by Gasteiger charge is 2.37. The van der Waals surface area contributed by atoms with E-state index in [1.165, 1.54) is 24.3 Å². The van der Waals surface area contributed by atoms with Gasteiger partial charge in [-0.25, -0.2) is 14.4 Å². The number of H-pyrrole nitrogens is 1. The molecule has 0 aliphatic carbocycles. The molecule has 1 heterocycles. The topological polar surface area (TPSA) is 657 Å². The van der Waals surface area contributed by atoms with Crippen LogP contribution in [0.25, 0.3) is 10.9 Å². The smallest absolute Gasteiger partial charge is 0.326 e. The number of aromatic hydroxyl groups is 1. The Bertz CT molecular complexity index is 3710. The number of carbonyl (C=O) groups excluding carboxylic acids is 11. The van der Waals surface area contributed by atoms with Crippen molar-refractivity contribution in [2.24, 2.45) is 46.2 Å². The van der Waals surface area contributed by atoms with Gasteiger partial charge in [-0.05, 0) is 124 Å². The highest BCUT2D eigenvalue weighted by Crippen LogP contribution is 2.21. The van der Waals surface area contributed by atoms with Crippen molar-refractivity contribution in [3.05, 3.63) is 102 Å². The molecule has 32 N–H and O–H groups in total. The van der Waals surface area contributed by atoms with Gasteiger partial charge in [-0.15, -0.1) is 0 Å². The van der Waals surface area contributed by atoms with Crippen LogP contribution in [-0.2, 0) is 67.2 Å². The molecule has 3 aromatic carbocycles. The molecule has 0 radical (unpaired) electrons. The maximum atomic E-state index is 15.2. The summed E-state index contributed by atoms with van der Waals surface area (Å²) >= 11 is 0. The number of nitrogens with one attached hydrogen (secondary N) is 18. The third kappa shape index (κ3) is 34.4. The van der Waals surface area contributed by atoms with E-state index in [0.29, 0.717) is 34.0 Å². The number of aromatic nitrogens is 1. The number of urea groups is 2. The summed E-state index contributed by atoms with van der Waals surface area (Å²) in [6.07, 6.45) is 1.08. The Balaban J connectivity index is 1.73. The predicted molar refractivity (Wildman–Crippen MR) is 407 cm³/mol. The van der Waals surface area contributed by atoms with Crippen molar-refractivity contribution < 1.29 is 67.7 Å². The van der Waals surface area contributed by atoms with Crippen molar-refractivity contribution in [3.63, 3.8) is 0 Å². The first-order valence-corrected chi connectivity index (χ1v) is 36.1. The molecule has 0 bridgehead atoms. The number of nitrogens with two attached hydrogens (primary N) is 6. The lowest BCUT2D eigenvalue weighted by atomic mass is 9.99. The number of carboxylic acids is 1. The van der Waals surface area contributed by atoms with Crippen molar-refractivity contribution in [1.29, 1.82) is 16.2 Å². The monoisotopic (exact) mass is 1520 g/mol. The van der Waals surface area contributed by atoms with Crippen molar-refractivity contribution in [1.82, 2.24) is 79.4 Å². The van der Waals surface area contributed by atoms with Gasteiger partial charge in [-0.3, -0.25) is 59.4 Å². The van der Waals surface area contributed by atoms with E-state index in [1.54, 1.807) is 88.5 Å². The molecule has 4 aromatic rings. The summed E-state index contributed by atoms with van der Waals surface area (Å²) in [5.41, 5.74) is 35.5. The van der Waals surface area contributed by atoms with Crippen molar-refractivity contribution in [2.45, 2.75) is 184 Å². The first-order chi connectivity index (χ1) is 51.7. The average Bonchev–Trinajstić information content (AvgIpc) is 1.68. The van der Waals surface area contributed by atoms with Gasteiger partial charge >= 0.3 is 18.0 Å². The van der Waals surface area contributed by atoms with Crippen LogP contribution >= 0.6 is 0 Å². The van der Waals surface area contributed by atoms with Crippen molar-refractivity contribution in [3.8, 4) is 5.75 Å². The van der Waals surface area contributed by atoms with Gasteiger partial charge in [-0.1, -0.05) is 88.4 Å². The first kappa shape index (κ1) is 89.4. The largest absolute Gasteiger partial charge is 0.508 e. The van der Waals surface area contributed by atoms with E-state index < -0.39 is 138 Å². The van der Waals surface area contributed by atoms with Gasteiger partial charge in [0, 0.05) is 69.1 Å². The van der Waals surface area contributed by atoms with Gasteiger partial charge in [0.2, 0.25) is 53.2 Å². The lowest BCUT2D eigenvalue weighted by molar-refractivity contribution is -0.142. The summed E-state index contributed by atoms with van der Waals surface area (Å²) in [7, 11) is 0. The molecule has 0 aliphatic heterocycles. The quantitative estimate of drug-likeness (QED) is 0.0123. The fourth-order valence-corrected chi connectivity index (χ4v) is 11.6. The molecule has 13 amide bonds. The molecule has 38 nitrogen and oxygen atoms in total. The number of fused-ring (bicyclic) bond motifs is 1. The summed E-state index contributed by atoms with van der Waals surface area (Å²) in [4.78, 5) is 171. The number of phenolic OH excluding ortho intramolecular Hbond substituents is 1. The Morgan fingerprint density at radius 2 is 0.706 bits per heavy atom. The molecule has 1 aromatic heterocycles. The normalized spacial score (nSPS) is 13.8. The van der Waals surface area contributed by atoms with Crippen molar-refractivity contribution >= 4 is 100.0 Å². The Labute approximate surface area is 631 Å². The van der Waals surface area contributed by atoms with Crippen LogP contribution in [0.2, 0.25) is 0 Å². The molecular formula is C71H110N24O14. The second kappa shape index (κ2) is 46.9. The second-order valence-electron chi connectivity index (χ2n) is 27.2. The van der Waals surface area contributed by atoms with Crippen LogP contribution in [0.5, 0.6) is 5.75 Å². The van der Waals surface area contributed by atoms with Crippen LogP contribution in [0, 0.1) is 28.1 Å². The Morgan fingerprint density at radius 3 is 1.11 bits per heavy atom. The summed E-state index contributed by atoms with van der Waals surface area (Å²) < 4.78 is 0. The molecule has 0 spiro atoms. The number of para-hydroxylation sites is 1. The molecule has 0 unspecified atom stereocenters. The van der Waals surface area contributed by atoms with E-state index in [9.17, 15) is 53.4 Å². The highest BCUT2D eigenvalue weighted by atomic mass is 16.4. The number of hydrogen-bond acceptors (Lipinski definition) is 17. The number of phenols is 1. The van der Waals surface area contributed by atoms with Gasteiger partial charge in [-0.2, -0.15) is 0 Å². The molecule has 38 heteroatoms. The minimum absolute atomic E-state index is 0.0100. The van der Waals surface area contributed by atoms with E-state index in [4.69, 9.17) is 50.6 Å². The number of carboxylic acid groups (broad SMARTS) is 1.